The summed E-state index contributed by atoms with van der Waals surface area (Å²) in [6.07, 6.45) is 0.993. The fourth-order valence-electron chi connectivity index (χ4n) is 4.25. The summed E-state index contributed by atoms with van der Waals surface area (Å²) in [6.45, 7) is 0.351. The molecule has 10 heteroatoms. The third kappa shape index (κ3) is 4.07. The van der Waals surface area contributed by atoms with Crippen LogP contribution >= 0.6 is 0 Å². The maximum atomic E-state index is 13.3. The van der Waals surface area contributed by atoms with Crippen LogP contribution in [0.25, 0.3) is 0 Å². The number of rotatable bonds is 5. The fourth-order valence-corrected chi connectivity index (χ4v) is 7.49. The van der Waals surface area contributed by atoms with Gasteiger partial charge in [0, 0.05) is 26.2 Å². The SMILES string of the molecule is CN(C)N(C(=O)c1cccc(S(=O)(=O)N2CCc3ccccc32)c1)C1CCS(=O)(=O)C1. The molecule has 1 atom stereocenters. The first kappa shape index (κ1) is 21.8. The Balaban J connectivity index is 1.66. The normalized spacial score (nSPS) is 20.1. The number of hydrogen-bond donors (Lipinski definition) is 0. The van der Waals surface area contributed by atoms with E-state index in [1.807, 2.05) is 12.1 Å². The van der Waals surface area contributed by atoms with Gasteiger partial charge in [-0.25, -0.2) is 21.8 Å². The Hall–Kier alpha value is -2.43. The number of para-hydroxylation sites is 1. The molecule has 0 spiro atoms. The number of carbonyl (C=O) groups excluding carboxylic acids is 1. The number of nitrogens with zero attached hydrogens (tertiary/aromatic N) is 3. The molecule has 0 N–H and O–H groups in total. The summed E-state index contributed by atoms with van der Waals surface area (Å²) >= 11 is 0. The summed E-state index contributed by atoms with van der Waals surface area (Å²) in [5.41, 5.74) is 1.83. The zero-order valence-corrected chi connectivity index (χ0v) is 19.1. The summed E-state index contributed by atoms with van der Waals surface area (Å²) in [5.74, 6) is -0.483. The van der Waals surface area contributed by atoms with Crippen molar-refractivity contribution in [1.82, 2.24) is 10.0 Å². The minimum Gasteiger partial charge on any atom is -0.268 e. The van der Waals surface area contributed by atoms with Crippen LogP contribution in [-0.2, 0) is 26.3 Å². The van der Waals surface area contributed by atoms with Crippen molar-refractivity contribution in [3.63, 3.8) is 0 Å². The maximum Gasteiger partial charge on any atom is 0.268 e. The van der Waals surface area contributed by atoms with Crippen LogP contribution in [0.1, 0.15) is 22.3 Å². The van der Waals surface area contributed by atoms with E-state index in [-0.39, 0.29) is 22.0 Å². The Labute approximate surface area is 183 Å². The smallest absolute Gasteiger partial charge is 0.268 e. The largest absolute Gasteiger partial charge is 0.268 e. The molecule has 2 heterocycles. The highest BCUT2D eigenvalue weighted by Gasteiger charge is 2.37. The predicted molar refractivity (Wildman–Crippen MR) is 118 cm³/mol. The summed E-state index contributed by atoms with van der Waals surface area (Å²) in [7, 11) is -3.68. The van der Waals surface area contributed by atoms with Gasteiger partial charge in [-0.1, -0.05) is 24.3 Å². The fraction of sp³-hybridized carbons (Fsp3) is 0.381. The molecule has 0 aliphatic carbocycles. The van der Waals surface area contributed by atoms with Crippen molar-refractivity contribution < 1.29 is 21.6 Å². The molecule has 2 aromatic rings. The summed E-state index contributed by atoms with van der Waals surface area (Å²) in [6, 6.07) is 12.9. The minimum absolute atomic E-state index is 0.0350. The molecule has 0 bridgehead atoms. The van der Waals surface area contributed by atoms with E-state index in [1.54, 1.807) is 43.4 Å². The third-order valence-corrected chi connectivity index (χ3v) is 9.27. The molecule has 0 aromatic heterocycles. The lowest BCUT2D eigenvalue weighted by Crippen LogP contribution is -2.49. The molecule has 4 rings (SSSR count). The van der Waals surface area contributed by atoms with Crippen molar-refractivity contribution in [1.29, 1.82) is 0 Å². The number of hydrazine groups is 1. The van der Waals surface area contributed by atoms with E-state index >= 15 is 0 Å². The standard InChI is InChI=1S/C21H25N3O5S2/c1-22(2)24(18-11-13-30(26,27)15-18)21(25)17-7-5-8-19(14-17)31(28,29)23-12-10-16-6-3-4-9-20(16)23/h3-9,14,18H,10-13,15H2,1-2H3. The van der Waals surface area contributed by atoms with Gasteiger partial charge in [0.05, 0.1) is 28.1 Å². The molecular formula is C21H25N3O5S2. The third-order valence-electron chi connectivity index (χ3n) is 5.71. The number of sulfonamides is 1. The highest BCUT2D eigenvalue weighted by molar-refractivity contribution is 7.93. The van der Waals surface area contributed by atoms with Crippen molar-refractivity contribution >= 4 is 31.5 Å². The first-order chi connectivity index (χ1) is 14.6. The lowest BCUT2D eigenvalue weighted by Gasteiger charge is -2.34. The van der Waals surface area contributed by atoms with E-state index in [0.717, 1.165) is 5.56 Å². The molecule has 2 aromatic carbocycles. The molecule has 166 valence electrons. The van der Waals surface area contributed by atoms with E-state index in [9.17, 15) is 21.6 Å². The lowest BCUT2D eigenvalue weighted by atomic mass is 10.1. The number of anilines is 1. The van der Waals surface area contributed by atoms with Crippen LogP contribution in [0.3, 0.4) is 0 Å². The van der Waals surface area contributed by atoms with Crippen LogP contribution in [0.5, 0.6) is 0 Å². The molecule has 31 heavy (non-hydrogen) atoms. The Kier molecular flexibility index (Phi) is 5.57. The van der Waals surface area contributed by atoms with E-state index in [2.05, 4.69) is 0 Å². The highest BCUT2D eigenvalue weighted by Crippen LogP contribution is 2.33. The molecule has 8 nitrogen and oxygen atoms in total. The first-order valence-electron chi connectivity index (χ1n) is 10.0. The topological polar surface area (TPSA) is 95.1 Å². The van der Waals surface area contributed by atoms with Gasteiger partial charge in [0.2, 0.25) is 0 Å². The van der Waals surface area contributed by atoms with Gasteiger partial charge in [0.1, 0.15) is 0 Å². The lowest BCUT2D eigenvalue weighted by molar-refractivity contribution is 0.000988. The molecular weight excluding hydrogens is 438 g/mol. The Morgan fingerprint density at radius 1 is 1.10 bits per heavy atom. The van der Waals surface area contributed by atoms with Gasteiger partial charge in [-0.3, -0.25) is 14.1 Å². The molecule has 1 amide bonds. The predicted octanol–water partition coefficient (Wildman–Crippen LogP) is 1.54. The summed E-state index contributed by atoms with van der Waals surface area (Å²) in [4.78, 5) is 13.3. The van der Waals surface area contributed by atoms with Crippen molar-refractivity contribution in [3.05, 3.63) is 59.7 Å². The van der Waals surface area contributed by atoms with Crippen molar-refractivity contribution in [3.8, 4) is 0 Å². The zero-order valence-electron chi connectivity index (χ0n) is 17.4. The average Bonchev–Trinajstić information content (AvgIpc) is 3.31. The van der Waals surface area contributed by atoms with Gasteiger partial charge in [-0.15, -0.1) is 0 Å². The molecule has 2 aliphatic heterocycles. The van der Waals surface area contributed by atoms with Gasteiger partial charge in [-0.05, 0) is 42.7 Å². The average molecular weight is 464 g/mol. The second-order valence-electron chi connectivity index (χ2n) is 8.04. The van der Waals surface area contributed by atoms with Crippen LogP contribution in [0.4, 0.5) is 5.69 Å². The first-order valence-corrected chi connectivity index (χ1v) is 13.3. The number of benzene rings is 2. The monoisotopic (exact) mass is 463 g/mol. The van der Waals surface area contributed by atoms with Crippen molar-refractivity contribution in [2.45, 2.75) is 23.8 Å². The second kappa shape index (κ2) is 7.92. The summed E-state index contributed by atoms with van der Waals surface area (Å²) < 4.78 is 51.9. The number of carbonyl (C=O) groups is 1. The molecule has 0 saturated carbocycles. The molecule has 1 fully saturated rings. The Morgan fingerprint density at radius 2 is 1.84 bits per heavy atom. The van der Waals surface area contributed by atoms with Gasteiger partial charge in [-0.2, -0.15) is 0 Å². The molecule has 0 radical (unpaired) electrons. The van der Waals surface area contributed by atoms with Crippen LogP contribution in [-0.4, -0.2) is 70.9 Å². The zero-order chi connectivity index (χ0) is 22.4. The Bertz CT molecular complexity index is 1230. The van der Waals surface area contributed by atoms with Gasteiger partial charge < -0.3 is 0 Å². The van der Waals surface area contributed by atoms with Gasteiger partial charge >= 0.3 is 0 Å². The molecule has 2 aliphatic rings. The van der Waals surface area contributed by atoms with E-state index in [0.29, 0.717) is 25.1 Å². The molecule has 1 saturated heterocycles. The summed E-state index contributed by atoms with van der Waals surface area (Å²) in [5, 5.41) is 2.97. The minimum atomic E-state index is -3.84. The van der Waals surface area contributed by atoms with Crippen molar-refractivity contribution in [2.24, 2.45) is 0 Å². The van der Waals surface area contributed by atoms with Crippen molar-refractivity contribution in [2.75, 3.05) is 36.5 Å². The van der Waals surface area contributed by atoms with E-state index in [1.165, 1.54) is 21.4 Å². The maximum absolute atomic E-state index is 13.3. The van der Waals surface area contributed by atoms with E-state index < -0.39 is 31.8 Å². The second-order valence-corrected chi connectivity index (χ2v) is 12.1. The number of sulfone groups is 1. The number of hydrogen-bond acceptors (Lipinski definition) is 6. The van der Waals surface area contributed by atoms with Crippen LogP contribution in [0.15, 0.2) is 53.4 Å². The number of fused-ring (bicyclic) bond motifs is 1. The van der Waals surface area contributed by atoms with Crippen LogP contribution < -0.4 is 4.31 Å². The van der Waals surface area contributed by atoms with Crippen LogP contribution in [0, 0.1) is 0 Å². The quantitative estimate of drug-likeness (QED) is 0.625. The Morgan fingerprint density at radius 3 is 2.52 bits per heavy atom. The highest BCUT2D eigenvalue weighted by atomic mass is 32.2. The van der Waals surface area contributed by atoms with E-state index in [4.69, 9.17) is 0 Å². The van der Waals surface area contributed by atoms with Gasteiger partial charge in [0.15, 0.2) is 9.84 Å². The van der Waals surface area contributed by atoms with Crippen LogP contribution in [0.2, 0.25) is 0 Å². The molecule has 1 unspecified atom stereocenters. The number of amides is 1. The van der Waals surface area contributed by atoms with Gasteiger partial charge in [0.25, 0.3) is 15.9 Å².